The molecule has 0 aromatic carbocycles. The average Bonchev–Trinajstić information content (AvgIpc) is 2.18. The molecule has 0 aliphatic heterocycles. The maximum Gasteiger partial charge on any atom is 0.312 e. The third-order valence-corrected chi connectivity index (χ3v) is 2.45. The summed E-state index contributed by atoms with van der Waals surface area (Å²) in [5, 5.41) is 9.22. The van der Waals surface area contributed by atoms with Crippen LogP contribution in [0, 0.1) is 19.8 Å². The molecule has 1 atom stereocenters. The Morgan fingerprint density at radius 3 is 2.56 bits per heavy atom. The quantitative estimate of drug-likeness (QED) is 0.849. The van der Waals surface area contributed by atoms with Gasteiger partial charge >= 0.3 is 5.97 Å². The molecule has 0 saturated carbocycles. The summed E-state index contributed by atoms with van der Waals surface area (Å²) in [7, 11) is 0. The van der Waals surface area contributed by atoms with Crippen LogP contribution in [0.1, 0.15) is 43.3 Å². The summed E-state index contributed by atoms with van der Waals surface area (Å²) in [6.07, 6.45) is 2.25. The van der Waals surface area contributed by atoms with E-state index in [1.54, 1.807) is 13.1 Å². The van der Waals surface area contributed by atoms with Gasteiger partial charge in [-0.2, -0.15) is 0 Å². The Morgan fingerprint density at radius 2 is 2.06 bits per heavy atom. The topological polar surface area (TPSA) is 63.1 Å². The van der Waals surface area contributed by atoms with Crippen LogP contribution in [0.25, 0.3) is 0 Å². The van der Waals surface area contributed by atoms with E-state index in [0.717, 1.165) is 5.69 Å². The molecule has 0 spiro atoms. The fourth-order valence-corrected chi connectivity index (χ4v) is 1.69. The van der Waals surface area contributed by atoms with Crippen molar-refractivity contribution in [1.29, 1.82) is 0 Å². The Bertz CT molecular complexity index is 389. The van der Waals surface area contributed by atoms with Crippen LogP contribution >= 0.6 is 0 Å². The molecule has 1 aromatic heterocycles. The second kappa shape index (κ2) is 5.05. The fraction of sp³-hybridized carbons (Fsp3) is 0.583. The minimum atomic E-state index is -0.822. The zero-order chi connectivity index (χ0) is 12.3. The van der Waals surface area contributed by atoms with Crippen molar-refractivity contribution >= 4 is 5.97 Å². The van der Waals surface area contributed by atoms with Crippen molar-refractivity contribution in [2.75, 3.05) is 0 Å². The summed E-state index contributed by atoms with van der Waals surface area (Å²) in [4.78, 5) is 19.7. The van der Waals surface area contributed by atoms with Gasteiger partial charge in [-0.15, -0.1) is 0 Å². The molecule has 4 heteroatoms. The molecular formula is C12H18N2O2. The first-order valence-electron chi connectivity index (χ1n) is 5.44. The smallest absolute Gasteiger partial charge is 0.312 e. The Hall–Kier alpha value is -1.45. The number of nitrogens with zero attached hydrogens (tertiary/aromatic N) is 2. The number of rotatable bonds is 4. The van der Waals surface area contributed by atoms with Crippen LogP contribution in [-0.2, 0) is 4.79 Å². The monoisotopic (exact) mass is 222 g/mol. The van der Waals surface area contributed by atoms with E-state index < -0.39 is 11.9 Å². The lowest BCUT2D eigenvalue weighted by atomic mass is 9.93. The van der Waals surface area contributed by atoms with Crippen molar-refractivity contribution < 1.29 is 9.90 Å². The van der Waals surface area contributed by atoms with Gasteiger partial charge in [0.2, 0.25) is 0 Å². The highest BCUT2D eigenvalue weighted by atomic mass is 16.4. The standard InChI is InChI=1S/C12H18N2O2/c1-7(2)5-10(12(15)16)11-9(4)13-6-8(3)14-11/h6-7,10H,5H2,1-4H3,(H,15,16). The first kappa shape index (κ1) is 12.6. The van der Waals surface area contributed by atoms with Crippen molar-refractivity contribution in [2.45, 2.75) is 40.0 Å². The molecule has 0 saturated heterocycles. The van der Waals surface area contributed by atoms with Gasteiger partial charge in [0.15, 0.2) is 0 Å². The predicted octanol–water partition coefficient (Wildman–Crippen LogP) is 2.31. The molecule has 88 valence electrons. The number of carbonyl (C=O) groups is 1. The van der Waals surface area contributed by atoms with E-state index in [1.165, 1.54) is 0 Å². The summed E-state index contributed by atoms with van der Waals surface area (Å²) in [6.45, 7) is 7.64. The first-order valence-corrected chi connectivity index (χ1v) is 5.44. The number of carboxylic acids is 1. The normalized spacial score (nSPS) is 12.8. The third kappa shape index (κ3) is 3.02. The molecule has 1 aromatic rings. The molecule has 4 nitrogen and oxygen atoms in total. The third-order valence-electron chi connectivity index (χ3n) is 2.45. The van der Waals surface area contributed by atoms with Crippen LogP contribution in [0.4, 0.5) is 0 Å². The highest BCUT2D eigenvalue weighted by molar-refractivity contribution is 5.75. The van der Waals surface area contributed by atoms with Gasteiger partial charge in [0, 0.05) is 6.20 Å². The molecule has 0 amide bonds. The maximum absolute atomic E-state index is 11.2. The lowest BCUT2D eigenvalue weighted by Gasteiger charge is -2.16. The van der Waals surface area contributed by atoms with E-state index in [9.17, 15) is 9.90 Å². The van der Waals surface area contributed by atoms with Crippen LogP contribution in [-0.4, -0.2) is 21.0 Å². The lowest BCUT2D eigenvalue weighted by molar-refractivity contribution is -0.139. The molecule has 16 heavy (non-hydrogen) atoms. The van der Waals surface area contributed by atoms with E-state index in [-0.39, 0.29) is 0 Å². The van der Waals surface area contributed by atoms with Gasteiger partial charge in [-0.05, 0) is 26.2 Å². The summed E-state index contributed by atoms with van der Waals surface area (Å²) >= 11 is 0. The van der Waals surface area contributed by atoms with Gasteiger partial charge in [0.25, 0.3) is 0 Å². The highest BCUT2D eigenvalue weighted by Crippen LogP contribution is 2.24. The Morgan fingerprint density at radius 1 is 1.44 bits per heavy atom. The van der Waals surface area contributed by atoms with Crippen molar-refractivity contribution in [3.63, 3.8) is 0 Å². The number of aryl methyl sites for hydroxylation is 2. The van der Waals surface area contributed by atoms with Crippen LogP contribution in [0.2, 0.25) is 0 Å². The lowest BCUT2D eigenvalue weighted by Crippen LogP contribution is -2.17. The van der Waals surface area contributed by atoms with Crippen LogP contribution in [0.5, 0.6) is 0 Å². The van der Waals surface area contributed by atoms with E-state index in [0.29, 0.717) is 23.7 Å². The number of hydrogen-bond donors (Lipinski definition) is 1. The summed E-state index contributed by atoms with van der Waals surface area (Å²) in [6, 6.07) is 0. The summed E-state index contributed by atoms with van der Waals surface area (Å²) in [5.74, 6) is -1.05. The zero-order valence-corrected chi connectivity index (χ0v) is 10.2. The molecule has 1 rings (SSSR count). The number of aromatic nitrogens is 2. The van der Waals surface area contributed by atoms with Crippen LogP contribution in [0.3, 0.4) is 0 Å². The molecule has 0 radical (unpaired) electrons. The van der Waals surface area contributed by atoms with Gasteiger partial charge in [0.05, 0.1) is 17.1 Å². The summed E-state index contributed by atoms with van der Waals surface area (Å²) in [5.41, 5.74) is 2.07. The minimum absolute atomic E-state index is 0.322. The largest absolute Gasteiger partial charge is 0.481 e. The molecular weight excluding hydrogens is 204 g/mol. The molecule has 1 N–H and O–H groups in total. The van der Waals surface area contributed by atoms with Gasteiger partial charge in [-0.25, -0.2) is 0 Å². The second-order valence-electron chi connectivity index (χ2n) is 4.50. The van der Waals surface area contributed by atoms with E-state index in [4.69, 9.17) is 0 Å². The number of aliphatic carboxylic acids is 1. The molecule has 1 unspecified atom stereocenters. The van der Waals surface area contributed by atoms with Crippen LogP contribution in [0.15, 0.2) is 6.20 Å². The minimum Gasteiger partial charge on any atom is -0.481 e. The van der Waals surface area contributed by atoms with E-state index in [2.05, 4.69) is 9.97 Å². The molecule has 0 fully saturated rings. The molecule has 1 heterocycles. The predicted molar refractivity (Wildman–Crippen MR) is 61.3 cm³/mol. The fourth-order valence-electron chi connectivity index (χ4n) is 1.69. The SMILES string of the molecule is Cc1cnc(C)c(C(CC(C)C)C(=O)O)n1. The maximum atomic E-state index is 11.2. The van der Waals surface area contributed by atoms with Crippen molar-refractivity contribution in [2.24, 2.45) is 5.92 Å². The highest BCUT2D eigenvalue weighted by Gasteiger charge is 2.24. The molecule has 0 aliphatic rings. The van der Waals surface area contributed by atoms with Crippen molar-refractivity contribution in [1.82, 2.24) is 9.97 Å². The second-order valence-corrected chi connectivity index (χ2v) is 4.50. The van der Waals surface area contributed by atoms with Gasteiger partial charge < -0.3 is 5.11 Å². The molecule has 0 bridgehead atoms. The molecule has 0 aliphatic carbocycles. The van der Waals surface area contributed by atoms with Crippen LogP contribution < -0.4 is 0 Å². The van der Waals surface area contributed by atoms with Gasteiger partial charge in [0.1, 0.15) is 5.92 Å². The van der Waals surface area contributed by atoms with Crippen molar-refractivity contribution in [3.05, 3.63) is 23.3 Å². The Balaban J connectivity index is 3.10. The van der Waals surface area contributed by atoms with Crippen molar-refractivity contribution in [3.8, 4) is 0 Å². The zero-order valence-electron chi connectivity index (χ0n) is 10.2. The van der Waals surface area contributed by atoms with Gasteiger partial charge in [-0.3, -0.25) is 14.8 Å². The number of hydrogen-bond acceptors (Lipinski definition) is 3. The average molecular weight is 222 g/mol. The van der Waals surface area contributed by atoms with Gasteiger partial charge in [-0.1, -0.05) is 13.8 Å². The Labute approximate surface area is 95.7 Å². The first-order chi connectivity index (χ1) is 7.41. The summed E-state index contributed by atoms with van der Waals surface area (Å²) < 4.78 is 0. The van der Waals surface area contributed by atoms with E-state index >= 15 is 0 Å². The Kier molecular flexibility index (Phi) is 3.99. The number of carboxylic acid groups (broad SMARTS) is 1. The van der Waals surface area contributed by atoms with E-state index in [1.807, 2.05) is 20.8 Å².